The molecule has 0 fully saturated rings. The Kier molecular flexibility index (Phi) is 12.3. The molecule has 0 aromatic heterocycles. The Bertz CT molecular complexity index is 220. The molecule has 0 aliphatic rings. The van der Waals surface area contributed by atoms with Crippen LogP contribution in [0.3, 0.4) is 0 Å². The quantitative estimate of drug-likeness (QED) is 0.319. The van der Waals surface area contributed by atoms with Gasteiger partial charge in [0, 0.05) is 0 Å². The highest BCUT2D eigenvalue weighted by atomic mass is 27.2. The first-order valence-corrected chi connectivity index (χ1v) is 12.3. The number of hydrogen-bond donors (Lipinski definition) is 0. The third kappa shape index (κ3) is 8.40. The summed E-state index contributed by atoms with van der Waals surface area (Å²) in [6.45, 7) is 22.3. The molecule has 0 aliphatic carbocycles. The van der Waals surface area contributed by atoms with Gasteiger partial charge in [-0.1, -0.05) is 115 Å². The van der Waals surface area contributed by atoms with Gasteiger partial charge in [-0.3, -0.25) is 0 Å². The summed E-state index contributed by atoms with van der Waals surface area (Å²) in [5, 5.41) is 0. The first-order chi connectivity index (χ1) is 10.3. The van der Waals surface area contributed by atoms with Crippen LogP contribution in [0.15, 0.2) is 0 Å². The van der Waals surface area contributed by atoms with Crippen molar-refractivity contribution in [2.24, 2.45) is 17.8 Å². The SMILES string of the molecule is CCC(C)C[CH](C)[Al]([CH](C)CC(C)CC)[CH](C)CC(C)CC. The van der Waals surface area contributed by atoms with E-state index in [4.69, 9.17) is 0 Å². The van der Waals surface area contributed by atoms with E-state index in [1.807, 2.05) is 0 Å². The fourth-order valence-corrected chi connectivity index (χ4v) is 10.3. The zero-order valence-corrected chi connectivity index (χ0v) is 18.4. The van der Waals surface area contributed by atoms with Crippen LogP contribution in [0.2, 0.25) is 14.3 Å². The van der Waals surface area contributed by atoms with Gasteiger partial charge in [-0.15, -0.1) is 0 Å². The Morgan fingerprint density at radius 1 is 0.500 bits per heavy atom. The predicted octanol–water partition coefficient (Wildman–Crippen LogP) is 7.96. The second-order valence-electron chi connectivity index (χ2n) is 8.76. The molecule has 6 atom stereocenters. The van der Waals surface area contributed by atoms with E-state index in [9.17, 15) is 0 Å². The van der Waals surface area contributed by atoms with Crippen molar-refractivity contribution >= 4 is 14.1 Å². The van der Waals surface area contributed by atoms with Gasteiger partial charge in [0.05, 0.1) is 0 Å². The second-order valence-corrected chi connectivity index (χ2v) is 13.3. The third-order valence-corrected chi connectivity index (χ3v) is 11.1. The Morgan fingerprint density at radius 2 is 0.727 bits per heavy atom. The Labute approximate surface area is 147 Å². The highest BCUT2D eigenvalue weighted by Crippen LogP contribution is 2.41. The molecular formula is C21H45Al. The van der Waals surface area contributed by atoms with E-state index in [1.54, 1.807) is 0 Å². The molecule has 0 saturated heterocycles. The maximum absolute atomic E-state index is 2.60. The molecule has 6 unspecified atom stereocenters. The summed E-state index contributed by atoms with van der Waals surface area (Å²) in [7, 11) is 0. The van der Waals surface area contributed by atoms with Crippen molar-refractivity contribution in [3.8, 4) is 0 Å². The molecule has 0 aromatic carbocycles. The Hall–Kier alpha value is 0.532. The smallest absolute Gasteiger partial charge is 0.0842 e. The molecule has 0 nitrogen and oxygen atoms in total. The Morgan fingerprint density at radius 3 is 0.909 bits per heavy atom. The maximum atomic E-state index is 2.60. The van der Waals surface area contributed by atoms with Crippen LogP contribution in [-0.4, -0.2) is 14.1 Å². The van der Waals surface area contributed by atoms with Crippen LogP contribution in [0.25, 0.3) is 0 Å². The van der Waals surface area contributed by atoms with E-state index in [2.05, 4.69) is 62.3 Å². The van der Waals surface area contributed by atoms with E-state index >= 15 is 0 Å². The standard InChI is InChI=1S/3C7H15.Al/c3*1-4-6-7(3)5-2;/h3*4,7H,5-6H2,1-3H3;. The monoisotopic (exact) mass is 324 g/mol. The van der Waals surface area contributed by atoms with E-state index in [1.165, 1.54) is 38.5 Å². The topological polar surface area (TPSA) is 0 Å². The van der Waals surface area contributed by atoms with E-state index < -0.39 is 14.1 Å². The highest BCUT2D eigenvalue weighted by molar-refractivity contribution is 6.63. The molecule has 0 radical (unpaired) electrons. The van der Waals surface area contributed by atoms with Crippen LogP contribution >= 0.6 is 0 Å². The van der Waals surface area contributed by atoms with Gasteiger partial charge in [-0.25, -0.2) is 0 Å². The van der Waals surface area contributed by atoms with Gasteiger partial charge >= 0.3 is 0 Å². The minimum absolute atomic E-state index is 0.726. The van der Waals surface area contributed by atoms with Crippen molar-refractivity contribution < 1.29 is 0 Å². The normalized spacial score (nSPS) is 20.0. The minimum Gasteiger partial charge on any atom is -0.0842 e. The zero-order chi connectivity index (χ0) is 17.3. The van der Waals surface area contributed by atoms with Crippen molar-refractivity contribution in [1.82, 2.24) is 0 Å². The Balaban J connectivity index is 4.94. The van der Waals surface area contributed by atoms with Crippen molar-refractivity contribution in [1.29, 1.82) is 0 Å². The van der Waals surface area contributed by atoms with Gasteiger partial charge in [0.15, 0.2) is 0 Å². The van der Waals surface area contributed by atoms with E-state index in [0.717, 1.165) is 32.1 Å². The minimum atomic E-state index is -0.726. The first kappa shape index (κ1) is 22.5. The van der Waals surface area contributed by atoms with E-state index in [0.29, 0.717) is 0 Å². The average Bonchev–Trinajstić information content (AvgIpc) is 2.46. The number of rotatable bonds is 12. The molecule has 0 saturated carbocycles. The van der Waals surface area contributed by atoms with Crippen LogP contribution in [-0.2, 0) is 0 Å². The van der Waals surface area contributed by atoms with Gasteiger partial charge in [0.2, 0.25) is 0 Å². The fraction of sp³-hybridized carbons (Fsp3) is 1.00. The summed E-state index contributed by atoms with van der Waals surface area (Å²) >= 11 is -0.726. The van der Waals surface area contributed by atoms with Crippen LogP contribution in [0, 0.1) is 17.8 Å². The highest BCUT2D eigenvalue weighted by Gasteiger charge is 2.36. The van der Waals surface area contributed by atoms with Gasteiger partial charge in [0.25, 0.3) is 14.1 Å². The molecule has 0 rings (SSSR count). The lowest BCUT2D eigenvalue weighted by molar-refractivity contribution is 0.462. The molecule has 0 amide bonds. The van der Waals surface area contributed by atoms with Crippen LogP contribution in [0.1, 0.15) is 101 Å². The van der Waals surface area contributed by atoms with Crippen LogP contribution < -0.4 is 0 Å². The summed E-state index contributed by atoms with van der Waals surface area (Å²) in [5.74, 6) is 2.74. The van der Waals surface area contributed by atoms with Gasteiger partial charge in [-0.05, 0) is 17.8 Å². The van der Waals surface area contributed by atoms with Crippen LogP contribution in [0.4, 0.5) is 0 Å². The predicted molar refractivity (Wildman–Crippen MR) is 106 cm³/mol. The van der Waals surface area contributed by atoms with E-state index in [-0.39, 0.29) is 0 Å². The summed E-state index contributed by atoms with van der Waals surface area (Å²) in [6, 6.07) is 0. The fourth-order valence-electron chi connectivity index (χ4n) is 4.56. The van der Waals surface area contributed by atoms with Gasteiger partial charge < -0.3 is 0 Å². The summed E-state index contributed by atoms with van der Waals surface area (Å²) < 4.78 is 3.02. The lowest BCUT2D eigenvalue weighted by Crippen LogP contribution is -2.31. The zero-order valence-electron chi connectivity index (χ0n) is 17.3. The first-order valence-electron chi connectivity index (χ1n) is 10.3. The van der Waals surface area contributed by atoms with Gasteiger partial charge in [0.1, 0.15) is 0 Å². The molecule has 132 valence electrons. The largest absolute Gasteiger partial charge is 0.271 e. The maximum Gasteiger partial charge on any atom is 0.271 e. The van der Waals surface area contributed by atoms with Crippen LogP contribution in [0.5, 0.6) is 0 Å². The van der Waals surface area contributed by atoms with Crippen molar-refractivity contribution in [3.63, 3.8) is 0 Å². The van der Waals surface area contributed by atoms with Crippen molar-refractivity contribution in [3.05, 3.63) is 0 Å². The molecule has 0 heterocycles. The molecule has 0 spiro atoms. The molecule has 0 bridgehead atoms. The molecule has 1 heteroatoms. The van der Waals surface area contributed by atoms with Crippen molar-refractivity contribution in [2.75, 3.05) is 0 Å². The number of hydrogen-bond acceptors (Lipinski definition) is 0. The lowest BCUT2D eigenvalue weighted by atomic mass is 10.0. The lowest BCUT2D eigenvalue weighted by Gasteiger charge is -2.34. The second kappa shape index (κ2) is 12.0. The third-order valence-electron chi connectivity index (χ3n) is 6.38. The summed E-state index contributed by atoms with van der Waals surface area (Å²) in [6.07, 6.45) is 8.48. The molecule has 0 aliphatic heterocycles. The molecule has 0 N–H and O–H groups in total. The average molecular weight is 325 g/mol. The van der Waals surface area contributed by atoms with Crippen molar-refractivity contribution in [2.45, 2.75) is 115 Å². The van der Waals surface area contributed by atoms with Gasteiger partial charge in [-0.2, -0.15) is 0 Å². The molecule has 22 heavy (non-hydrogen) atoms. The summed E-state index contributed by atoms with van der Waals surface area (Å²) in [4.78, 5) is 0. The summed E-state index contributed by atoms with van der Waals surface area (Å²) in [5.41, 5.74) is 0. The molecular weight excluding hydrogens is 279 g/mol. The molecule has 0 aromatic rings.